The van der Waals surface area contributed by atoms with Gasteiger partial charge in [0.05, 0.1) is 4.92 Å². The van der Waals surface area contributed by atoms with E-state index in [2.05, 4.69) is 24.3 Å². The molecule has 1 saturated heterocycles. The Morgan fingerprint density at radius 3 is 2.31 bits per heavy atom. The van der Waals surface area contributed by atoms with E-state index in [1.54, 1.807) is 17.0 Å². The maximum Gasteiger partial charge on any atom is 0.269 e. The molecule has 2 aliphatic heterocycles. The Labute approximate surface area is 152 Å². The monoisotopic (exact) mass is 348 g/mol. The van der Waals surface area contributed by atoms with Crippen LogP contribution in [0.5, 0.6) is 0 Å². The molecule has 1 N–H and O–H groups in total. The second kappa shape index (κ2) is 5.74. The molecule has 1 saturated carbocycles. The van der Waals surface area contributed by atoms with Crippen LogP contribution in [0.1, 0.15) is 49.3 Å². The van der Waals surface area contributed by atoms with Crippen LogP contribution in [0.15, 0.2) is 59.6 Å². The molecule has 2 aromatic carbocycles. The zero-order chi connectivity index (χ0) is 17.7. The van der Waals surface area contributed by atoms with Crippen molar-refractivity contribution in [1.82, 2.24) is 0 Å². The summed E-state index contributed by atoms with van der Waals surface area (Å²) >= 11 is 0. The third-order valence-corrected chi connectivity index (χ3v) is 6.27. The Kier molecular flexibility index (Phi) is 3.47. The number of quaternary nitrogens is 1. The van der Waals surface area contributed by atoms with Crippen molar-refractivity contribution in [3.05, 3.63) is 75.8 Å². The number of nitrogens with zero attached hydrogens (tertiary/aromatic N) is 2. The highest BCUT2D eigenvalue weighted by Crippen LogP contribution is 2.41. The molecule has 132 valence electrons. The lowest BCUT2D eigenvalue weighted by molar-refractivity contribution is -0.845. The van der Waals surface area contributed by atoms with Crippen LogP contribution >= 0.6 is 0 Å². The van der Waals surface area contributed by atoms with Crippen LogP contribution in [-0.2, 0) is 0 Å². The molecule has 5 rings (SSSR count). The highest BCUT2D eigenvalue weighted by atomic mass is 16.6. The van der Waals surface area contributed by atoms with E-state index in [1.807, 2.05) is 18.2 Å². The molecular weight excluding hydrogens is 326 g/mol. The molecule has 1 unspecified atom stereocenters. The summed E-state index contributed by atoms with van der Waals surface area (Å²) in [6.07, 6.45) is 6.10. The molecule has 26 heavy (non-hydrogen) atoms. The molecule has 0 aromatic heterocycles. The van der Waals surface area contributed by atoms with Gasteiger partial charge >= 0.3 is 0 Å². The van der Waals surface area contributed by atoms with Crippen LogP contribution in [0.4, 0.5) is 5.69 Å². The summed E-state index contributed by atoms with van der Waals surface area (Å²) < 4.78 is 0. The van der Waals surface area contributed by atoms with E-state index >= 15 is 0 Å². The van der Waals surface area contributed by atoms with Crippen molar-refractivity contribution in [3.63, 3.8) is 0 Å². The van der Waals surface area contributed by atoms with Crippen molar-refractivity contribution in [2.45, 2.75) is 49.9 Å². The highest BCUT2D eigenvalue weighted by molar-refractivity contribution is 6.06. The maximum absolute atomic E-state index is 11.0. The first-order valence-corrected chi connectivity index (χ1v) is 9.46. The molecule has 1 aliphatic carbocycles. The minimum Gasteiger partial charge on any atom is -0.287 e. The van der Waals surface area contributed by atoms with Crippen LogP contribution in [0.3, 0.4) is 0 Å². The van der Waals surface area contributed by atoms with Gasteiger partial charge in [0.25, 0.3) is 5.69 Å². The van der Waals surface area contributed by atoms with Gasteiger partial charge in [-0.15, -0.1) is 0 Å². The number of hydrogen-bond donors (Lipinski definition) is 1. The topological polar surface area (TPSA) is 59.9 Å². The van der Waals surface area contributed by atoms with Crippen LogP contribution in [0.2, 0.25) is 0 Å². The Morgan fingerprint density at radius 2 is 1.65 bits per heavy atom. The zero-order valence-electron chi connectivity index (χ0n) is 14.6. The van der Waals surface area contributed by atoms with Gasteiger partial charge in [0.2, 0.25) is 0 Å². The zero-order valence-corrected chi connectivity index (χ0v) is 14.6. The molecule has 0 amide bonds. The molecule has 5 nitrogen and oxygen atoms in total. The van der Waals surface area contributed by atoms with Gasteiger partial charge in [-0.2, -0.15) is 0 Å². The Balaban J connectivity index is 1.52. The summed E-state index contributed by atoms with van der Waals surface area (Å²) in [4.78, 5) is 17.5. The third kappa shape index (κ3) is 2.31. The molecule has 0 radical (unpaired) electrons. The number of aliphatic imine (C=N–C) groups is 1. The van der Waals surface area contributed by atoms with Gasteiger partial charge in [-0.1, -0.05) is 36.8 Å². The van der Waals surface area contributed by atoms with Gasteiger partial charge in [-0.05, 0) is 25.0 Å². The quantitative estimate of drug-likeness (QED) is 0.526. The number of fused-ring (bicyclic) bond motifs is 2. The van der Waals surface area contributed by atoms with E-state index in [4.69, 9.17) is 4.99 Å². The summed E-state index contributed by atoms with van der Waals surface area (Å²) in [5.41, 5.74) is 3.83. The van der Waals surface area contributed by atoms with Crippen molar-refractivity contribution < 1.29 is 9.82 Å². The number of benzene rings is 2. The van der Waals surface area contributed by atoms with Gasteiger partial charge in [0.15, 0.2) is 17.7 Å². The molecule has 2 fully saturated rings. The van der Waals surface area contributed by atoms with Gasteiger partial charge in [-0.3, -0.25) is 15.0 Å². The number of non-ortho nitro benzene ring substituents is 1. The fourth-order valence-corrected chi connectivity index (χ4v) is 5.08. The van der Waals surface area contributed by atoms with Crippen molar-refractivity contribution in [1.29, 1.82) is 0 Å². The minimum absolute atomic E-state index is 0.0144. The second-order valence-corrected chi connectivity index (χ2v) is 7.71. The van der Waals surface area contributed by atoms with E-state index in [-0.39, 0.29) is 16.3 Å². The van der Waals surface area contributed by atoms with Crippen molar-refractivity contribution in [2.75, 3.05) is 0 Å². The number of nitro benzene ring substituents is 1. The summed E-state index contributed by atoms with van der Waals surface area (Å²) in [6, 6.07) is 18.4. The van der Waals surface area contributed by atoms with Crippen LogP contribution in [0.25, 0.3) is 0 Å². The highest BCUT2D eigenvalue weighted by Gasteiger charge is 2.71. The lowest BCUT2D eigenvalue weighted by Crippen LogP contribution is -3.04. The van der Waals surface area contributed by atoms with Crippen molar-refractivity contribution in [3.8, 4) is 0 Å². The van der Waals surface area contributed by atoms with Gasteiger partial charge in [0, 0.05) is 36.1 Å². The fourth-order valence-electron chi connectivity index (χ4n) is 5.08. The Morgan fingerprint density at radius 1 is 0.962 bits per heavy atom. The average molecular weight is 348 g/mol. The molecule has 3 aliphatic rings. The first kappa shape index (κ1) is 15.7. The second-order valence-electron chi connectivity index (χ2n) is 7.71. The normalized spacial score (nSPS) is 28.5. The van der Waals surface area contributed by atoms with E-state index in [9.17, 15) is 10.1 Å². The van der Waals surface area contributed by atoms with Crippen molar-refractivity contribution in [2.24, 2.45) is 4.99 Å². The molecule has 0 bridgehead atoms. The molecule has 2 heterocycles. The third-order valence-electron chi connectivity index (χ3n) is 6.27. The minimum atomic E-state index is -0.329. The van der Waals surface area contributed by atoms with Crippen molar-refractivity contribution >= 4 is 11.4 Å². The molecule has 3 atom stereocenters. The summed E-state index contributed by atoms with van der Waals surface area (Å²) in [5.74, 6) is 0. The first-order valence-electron chi connectivity index (χ1n) is 9.46. The van der Waals surface area contributed by atoms with Gasteiger partial charge in [0.1, 0.15) is 5.71 Å². The van der Waals surface area contributed by atoms with E-state index < -0.39 is 0 Å². The van der Waals surface area contributed by atoms with Gasteiger partial charge < -0.3 is 0 Å². The van der Waals surface area contributed by atoms with Crippen LogP contribution in [-0.4, -0.2) is 22.3 Å². The lowest BCUT2D eigenvalue weighted by Gasteiger charge is -2.30. The fraction of sp³-hybridized carbons (Fsp3) is 0.381. The molecule has 5 heteroatoms. The lowest BCUT2D eigenvalue weighted by atomic mass is 9.89. The molecule has 1 spiro atoms. The Bertz CT molecular complexity index is 870. The van der Waals surface area contributed by atoms with E-state index in [0.29, 0.717) is 12.1 Å². The molecule has 2 aromatic rings. The number of nitrogens with one attached hydrogen (secondary N) is 1. The number of rotatable bonds is 3. The predicted molar refractivity (Wildman–Crippen MR) is 99.4 cm³/mol. The summed E-state index contributed by atoms with van der Waals surface area (Å²) in [5, 5.41) is 11.0. The number of nitro groups is 1. The van der Waals surface area contributed by atoms with Crippen LogP contribution < -0.4 is 4.90 Å². The smallest absolute Gasteiger partial charge is 0.269 e. The summed E-state index contributed by atoms with van der Waals surface area (Å²) in [7, 11) is 0. The first-order chi connectivity index (χ1) is 12.7. The van der Waals surface area contributed by atoms with Crippen LogP contribution in [0, 0.1) is 10.1 Å². The standard InChI is InChI=1S/C21H21N3O2/c25-24(26)17-11-9-16(10-12-17)19-20-18(15-7-3-1-4-8-15)22-21(23(19)20)13-5-2-6-14-21/h1,3-4,7-12,19-20H,2,5-6,13-14H2/p+1/t19-,20-,23?/m0/s1. The average Bonchev–Trinajstić information content (AvgIpc) is 3.36. The van der Waals surface area contributed by atoms with E-state index in [1.165, 1.54) is 36.1 Å². The summed E-state index contributed by atoms with van der Waals surface area (Å²) in [6.45, 7) is 0. The molecular formula is C21H22N3O2+. The largest absolute Gasteiger partial charge is 0.287 e. The number of hydrogen-bond acceptors (Lipinski definition) is 3. The SMILES string of the molecule is O=[N+]([O-])c1ccc([C@H]2[C@@H]3C(c4ccccc4)=NC4(CCCCC4)[NH+]32)cc1. The maximum atomic E-state index is 11.0. The Hall–Kier alpha value is -2.53. The van der Waals surface area contributed by atoms with Gasteiger partial charge in [-0.25, -0.2) is 4.99 Å². The predicted octanol–water partition coefficient (Wildman–Crippen LogP) is 3.07. The van der Waals surface area contributed by atoms with E-state index in [0.717, 1.165) is 12.8 Å².